The zero-order valence-corrected chi connectivity index (χ0v) is 12.3. The molecule has 0 spiro atoms. The summed E-state index contributed by atoms with van der Waals surface area (Å²) in [5, 5.41) is 10.9. The predicted octanol–water partition coefficient (Wildman–Crippen LogP) is 4.37. The highest BCUT2D eigenvalue weighted by Crippen LogP contribution is 2.39. The number of aromatic amines is 1. The number of rotatable bonds is 4. The monoisotopic (exact) mass is 267 g/mol. The predicted molar refractivity (Wildman–Crippen MR) is 86.4 cm³/mol. The van der Waals surface area contributed by atoms with Gasteiger partial charge in [-0.1, -0.05) is 37.0 Å². The third-order valence-corrected chi connectivity index (χ3v) is 3.40. The molecule has 0 bridgehead atoms. The summed E-state index contributed by atoms with van der Waals surface area (Å²) in [6, 6.07) is 0. The molecule has 2 rings (SSSR count). The summed E-state index contributed by atoms with van der Waals surface area (Å²) in [6.45, 7) is 9.86. The fraction of sp³-hybridized carbons (Fsp3) is 0.235. The van der Waals surface area contributed by atoms with Crippen LogP contribution in [0.2, 0.25) is 0 Å². The van der Waals surface area contributed by atoms with E-state index in [0.717, 1.165) is 23.6 Å². The van der Waals surface area contributed by atoms with Crippen molar-refractivity contribution in [3.8, 4) is 0 Å². The Balaban J connectivity index is 2.37. The van der Waals surface area contributed by atoms with E-state index in [4.69, 9.17) is 0 Å². The Labute approximate surface area is 120 Å². The Morgan fingerprint density at radius 1 is 1.35 bits per heavy atom. The molecule has 3 nitrogen and oxygen atoms in total. The zero-order chi connectivity index (χ0) is 14.5. The van der Waals surface area contributed by atoms with Crippen LogP contribution in [0.3, 0.4) is 0 Å². The first-order chi connectivity index (χ1) is 9.74. The van der Waals surface area contributed by atoms with Gasteiger partial charge in [-0.3, -0.25) is 5.10 Å². The fourth-order valence-electron chi connectivity index (χ4n) is 2.40. The highest BCUT2D eigenvalue weighted by Gasteiger charge is 2.26. The van der Waals surface area contributed by atoms with Crippen molar-refractivity contribution in [1.29, 1.82) is 0 Å². The second kappa shape index (κ2) is 6.24. The van der Waals surface area contributed by atoms with E-state index < -0.39 is 0 Å². The van der Waals surface area contributed by atoms with E-state index in [1.54, 1.807) is 0 Å². The lowest BCUT2D eigenvalue weighted by atomic mass is 10.1. The van der Waals surface area contributed by atoms with Gasteiger partial charge in [-0.15, -0.1) is 0 Å². The van der Waals surface area contributed by atoms with Crippen molar-refractivity contribution >= 4 is 11.4 Å². The molecule has 0 amide bonds. The van der Waals surface area contributed by atoms with Gasteiger partial charge in [-0.05, 0) is 32.4 Å². The minimum absolute atomic E-state index is 0.900. The van der Waals surface area contributed by atoms with Crippen LogP contribution in [0.1, 0.15) is 32.0 Å². The minimum atomic E-state index is 0.900. The van der Waals surface area contributed by atoms with Crippen molar-refractivity contribution in [2.75, 3.05) is 5.32 Å². The van der Waals surface area contributed by atoms with Crippen LogP contribution in [0.15, 0.2) is 54.3 Å². The molecule has 20 heavy (non-hydrogen) atoms. The van der Waals surface area contributed by atoms with Crippen molar-refractivity contribution < 1.29 is 0 Å². The van der Waals surface area contributed by atoms with E-state index in [1.165, 1.54) is 16.7 Å². The number of hydrogen-bond donors (Lipinski definition) is 2. The summed E-state index contributed by atoms with van der Waals surface area (Å²) >= 11 is 0. The standard InChI is InChI=1S/C17H21N3/c1-5-9-13(8-4)18-17-15-11-12(7-3)14(10-6-2)16(15)19-20-17/h5-10H,2,11H2,1,3-4H3,(H2,18,19,20)/b9-5-,12-7-,13-8+,14-10?. The van der Waals surface area contributed by atoms with E-state index in [2.05, 4.69) is 35.1 Å². The Morgan fingerprint density at radius 3 is 2.75 bits per heavy atom. The van der Waals surface area contributed by atoms with Gasteiger partial charge in [0.05, 0.1) is 5.69 Å². The molecule has 0 unspecified atom stereocenters. The van der Waals surface area contributed by atoms with E-state index in [1.807, 2.05) is 44.2 Å². The van der Waals surface area contributed by atoms with Crippen LogP contribution in [-0.2, 0) is 6.42 Å². The number of nitrogens with zero attached hydrogens (tertiary/aromatic N) is 1. The molecule has 0 saturated carbocycles. The van der Waals surface area contributed by atoms with Crippen LogP contribution in [0, 0.1) is 0 Å². The molecule has 1 aliphatic carbocycles. The molecule has 0 aromatic carbocycles. The van der Waals surface area contributed by atoms with E-state index in [9.17, 15) is 0 Å². The third kappa shape index (κ3) is 2.52. The number of anilines is 1. The first-order valence-corrected chi connectivity index (χ1v) is 6.87. The van der Waals surface area contributed by atoms with Gasteiger partial charge >= 0.3 is 0 Å². The number of H-pyrrole nitrogens is 1. The smallest absolute Gasteiger partial charge is 0.156 e. The van der Waals surface area contributed by atoms with Gasteiger partial charge in [0.1, 0.15) is 0 Å². The summed E-state index contributed by atoms with van der Waals surface area (Å²) in [6.07, 6.45) is 13.0. The molecule has 0 fully saturated rings. The summed E-state index contributed by atoms with van der Waals surface area (Å²) < 4.78 is 0. The maximum absolute atomic E-state index is 4.40. The maximum Gasteiger partial charge on any atom is 0.156 e. The van der Waals surface area contributed by atoms with Crippen LogP contribution in [0.25, 0.3) is 5.57 Å². The number of hydrogen-bond acceptors (Lipinski definition) is 2. The molecule has 0 radical (unpaired) electrons. The van der Waals surface area contributed by atoms with Crippen LogP contribution in [-0.4, -0.2) is 10.2 Å². The molecule has 1 aromatic rings. The van der Waals surface area contributed by atoms with Crippen LogP contribution >= 0.6 is 0 Å². The van der Waals surface area contributed by atoms with Gasteiger partial charge in [-0.25, -0.2) is 0 Å². The first-order valence-electron chi connectivity index (χ1n) is 6.87. The van der Waals surface area contributed by atoms with Crippen molar-refractivity contribution in [2.24, 2.45) is 0 Å². The second-order valence-electron chi connectivity index (χ2n) is 4.60. The van der Waals surface area contributed by atoms with Gasteiger partial charge in [-0.2, -0.15) is 5.10 Å². The summed E-state index contributed by atoms with van der Waals surface area (Å²) in [7, 11) is 0. The van der Waals surface area contributed by atoms with Crippen LogP contribution in [0.4, 0.5) is 5.82 Å². The van der Waals surface area contributed by atoms with Crippen molar-refractivity contribution in [3.05, 3.63) is 65.6 Å². The Hall–Kier alpha value is -2.29. The lowest BCUT2D eigenvalue weighted by Gasteiger charge is -2.05. The SMILES string of the molecule is C=CC=C1/C(=C\C)Cc2c(NC(/C=C\C)=C/C)n[nH]c21. The average Bonchev–Trinajstić information content (AvgIpc) is 2.99. The number of fused-ring (bicyclic) bond motifs is 1. The molecule has 1 aromatic heterocycles. The molecule has 0 atom stereocenters. The Morgan fingerprint density at radius 2 is 2.15 bits per heavy atom. The van der Waals surface area contributed by atoms with Gasteiger partial charge in [0, 0.05) is 23.3 Å². The van der Waals surface area contributed by atoms with E-state index in [-0.39, 0.29) is 0 Å². The largest absolute Gasteiger partial charge is 0.339 e. The molecule has 0 saturated heterocycles. The molecule has 2 N–H and O–H groups in total. The van der Waals surface area contributed by atoms with Crippen LogP contribution in [0.5, 0.6) is 0 Å². The highest BCUT2D eigenvalue weighted by atomic mass is 15.2. The number of allylic oxidation sites excluding steroid dienone is 8. The second-order valence-corrected chi connectivity index (χ2v) is 4.60. The summed E-state index contributed by atoms with van der Waals surface area (Å²) in [5.41, 5.74) is 5.85. The molecular weight excluding hydrogens is 246 g/mol. The van der Waals surface area contributed by atoms with Crippen molar-refractivity contribution in [3.63, 3.8) is 0 Å². The first kappa shape index (κ1) is 14.1. The molecular formula is C17H21N3. The van der Waals surface area contributed by atoms with E-state index in [0.29, 0.717) is 0 Å². The lowest BCUT2D eigenvalue weighted by Crippen LogP contribution is -1.99. The molecule has 0 aliphatic heterocycles. The average molecular weight is 267 g/mol. The van der Waals surface area contributed by atoms with Crippen molar-refractivity contribution in [2.45, 2.75) is 27.2 Å². The van der Waals surface area contributed by atoms with Crippen molar-refractivity contribution in [1.82, 2.24) is 10.2 Å². The van der Waals surface area contributed by atoms with Crippen LogP contribution < -0.4 is 5.32 Å². The Kier molecular flexibility index (Phi) is 4.41. The quantitative estimate of drug-likeness (QED) is 0.795. The normalized spacial score (nSPS) is 19.1. The summed E-state index contributed by atoms with van der Waals surface area (Å²) in [5.74, 6) is 0.901. The lowest BCUT2D eigenvalue weighted by molar-refractivity contribution is 1.07. The number of aromatic nitrogens is 2. The van der Waals surface area contributed by atoms with Gasteiger partial charge in [0.2, 0.25) is 0 Å². The highest BCUT2D eigenvalue weighted by molar-refractivity contribution is 5.87. The van der Waals surface area contributed by atoms with E-state index >= 15 is 0 Å². The fourth-order valence-corrected chi connectivity index (χ4v) is 2.40. The van der Waals surface area contributed by atoms with Gasteiger partial charge < -0.3 is 5.32 Å². The van der Waals surface area contributed by atoms with Gasteiger partial charge in [0.15, 0.2) is 5.82 Å². The Bertz CT molecular complexity index is 625. The third-order valence-electron chi connectivity index (χ3n) is 3.40. The minimum Gasteiger partial charge on any atom is -0.339 e. The molecule has 3 heteroatoms. The molecule has 1 heterocycles. The topological polar surface area (TPSA) is 40.7 Å². The number of nitrogens with one attached hydrogen (secondary N) is 2. The maximum atomic E-state index is 4.40. The van der Waals surface area contributed by atoms with Gasteiger partial charge in [0.25, 0.3) is 0 Å². The summed E-state index contributed by atoms with van der Waals surface area (Å²) in [4.78, 5) is 0. The zero-order valence-electron chi connectivity index (χ0n) is 12.3. The molecule has 1 aliphatic rings. The molecule has 104 valence electrons.